The van der Waals surface area contributed by atoms with E-state index in [0.29, 0.717) is 16.4 Å². The number of anilines is 2. The number of amides is 1. The third-order valence-electron chi connectivity index (χ3n) is 2.72. The molecule has 0 aliphatic heterocycles. The third kappa shape index (κ3) is 4.31. The second-order valence-corrected chi connectivity index (χ2v) is 5.62. The van der Waals surface area contributed by atoms with Crippen LogP contribution in [0.1, 0.15) is 0 Å². The molecule has 0 aliphatic rings. The SMILES string of the molecule is COc1ccc(NC(=O)CSc2c(N)cccc2Cl)cc1. The van der Waals surface area contributed by atoms with Crippen LogP contribution in [0.4, 0.5) is 11.4 Å². The summed E-state index contributed by atoms with van der Waals surface area (Å²) in [4.78, 5) is 12.6. The number of thioether (sulfide) groups is 1. The summed E-state index contributed by atoms with van der Waals surface area (Å²) in [5.41, 5.74) is 7.13. The molecule has 3 N–H and O–H groups in total. The molecule has 0 unspecified atom stereocenters. The van der Waals surface area contributed by atoms with Crippen molar-refractivity contribution in [2.24, 2.45) is 0 Å². The number of carbonyl (C=O) groups is 1. The standard InChI is InChI=1S/C15H15ClN2O2S/c1-20-11-7-5-10(6-8-11)18-14(19)9-21-15-12(16)3-2-4-13(15)17/h2-8H,9,17H2,1H3,(H,18,19). The molecule has 0 bridgehead atoms. The number of methoxy groups -OCH3 is 1. The van der Waals surface area contributed by atoms with Crippen LogP contribution >= 0.6 is 23.4 Å². The zero-order valence-electron chi connectivity index (χ0n) is 11.4. The molecule has 110 valence electrons. The predicted molar refractivity (Wildman–Crippen MR) is 88.2 cm³/mol. The molecule has 0 radical (unpaired) electrons. The second kappa shape index (κ2) is 7.24. The van der Waals surface area contributed by atoms with Crippen molar-refractivity contribution in [3.05, 3.63) is 47.5 Å². The highest BCUT2D eigenvalue weighted by molar-refractivity contribution is 8.00. The van der Waals surface area contributed by atoms with Gasteiger partial charge in [-0.15, -0.1) is 11.8 Å². The molecule has 0 saturated heterocycles. The summed E-state index contributed by atoms with van der Waals surface area (Å²) in [6.07, 6.45) is 0. The van der Waals surface area contributed by atoms with Gasteiger partial charge in [0.05, 0.1) is 17.9 Å². The lowest BCUT2D eigenvalue weighted by Crippen LogP contribution is -2.14. The lowest BCUT2D eigenvalue weighted by molar-refractivity contribution is -0.113. The zero-order valence-corrected chi connectivity index (χ0v) is 13.0. The molecule has 2 rings (SSSR count). The Morgan fingerprint density at radius 1 is 1.29 bits per heavy atom. The first kappa shape index (κ1) is 15.5. The maximum atomic E-state index is 11.9. The van der Waals surface area contributed by atoms with E-state index in [1.54, 1.807) is 49.6 Å². The van der Waals surface area contributed by atoms with Crippen molar-refractivity contribution in [1.82, 2.24) is 0 Å². The molecular formula is C15H15ClN2O2S. The molecule has 0 aliphatic carbocycles. The molecule has 0 atom stereocenters. The van der Waals surface area contributed by atoms with Gasteiger partial charge in [-0.05, 0) is 36.4 Å². The Hall–Kier alpha value is -1.85. The highest BCUT2D eigenvalue weighted by Gasteiger charge is 2.09. The highest BCUT2D eigenvalue weighted by Crippen LogP contribution is 2.32. The summed E-state index contributed by atoms with van der Waals surface area (Å²) in [6, 6.07) is 12.4. The first-order chi connectivity index (χ1) is 10.1. The van der Waals surface area contributed by atoms with Crippen molar-refractivity contribution >= 4 is 40.6 Å². The molecule has 0 spiro atoms. The van der Waals surface area contributed by atoms with Crippen LogP contribution in [-0.4, -0.2) is 18.8 Å². The van der Waals surface area contributed by atoms with Gasteiger partial charge in [-0.1, -0.05) is 17.7 Å². The van der Waals surface area contributed by atoms with E-state index in [2.05, 4.69) is 5.32 Å². The average molecular weight is 323 g/mol. The number of halogens is 1. The first-order valence-electron chi connectivity index (χ1n) is 6.21. The summed E-state index contributed by atoms with van der Waals surface area (Å²) >= 11 is 7.38. The molecule has 1 amide bonds. The molecule has 2 aromatic carbocycles. The van der Waals surface area contributed by atoms with Crippen molar-refractivity contribution in [2.75, 3.05) is 23.9 Å². The van der Waals surface area contributed by atoms with Crippen molar-refractivity contribution in [3.63, 3.8) is 0 Å². The fraction of sp³-hybridized carbons (Fsp3) is 0.133. The predicted octanol–water partition coefficient (Wildman–Crippen LogP) is 3.66. The number of carbonyl (C=O) groups excluding carboxylic acids is 1. The molecule has 0 aromatic heterocycles. The van der Waals surface area contributed by atoms with Gasteiger partial charge in [0.1, 0.15) is 5.75 Å². The fourth-order valence-electron chi connectivity index (χ4n) is 1.69. The van der Waals surface area contributed by atoms with Gasteiger partial charge >= 0.3 is 0 Å². The van der Waals surface area contributed by atoms with Crippen molar-refractivity contribution < 1.29 is 9.53 Å². The van der Waals surface area contributed by atoms with Crippen molar-refractivity contribution in [3.8, 4) is 5.75 Å². The largest absolute Gasteiger partial charge is 0.497 e. The highest BCUT2D eigenvalue weighted by atomic mass is 35.5. The topological polar surface area (TPSA) is 64.3 Å². The molecule has 0 heterocycles. The first-order valence-corrected chi connectivity index (χ1v) is 7.57. The Morgan fingerprint density at radius 3 is 2.62 bits per heavy atom. The van der Waals surface area contributed by atoms with Crippen LogP contribution in [0, 0.1) is 0 Å². The Balaban J connectivity index is 1.92. The van der Waals surface area contributed by atoms with Crippen LogP contribution in [0.5, 0.6) is 5.75 Å². The minimum absolute atomic E-state index is 0.121. The number of nitrogen functional groups attached to an aromatic ring is 1. The maximum absolute atomic E-state index is 11.9. The second-order valence-electron chi connectivity index (χ2n) is 4.22. The Kier molecular flexibility index (Phi) is 5.36. The van der Waals surface area contributed by atoms with Crippen LogP contribution in [0.15, 0.2) is 47.4 Å². The summed E-state index contributed by atoms with van der Waals surface area (Å²) < 4.78 is 5.06. The fourth-order valence-corrected chi connectivity index (χ4v) is 2.82. The van der Waals surface area contributed by atoms with Gasteiger partial charge in [-0.25, -0.2) is 0 Å². The number of benzene rings is 2. The van der Waals surface area contributed by atoms with E-state index in [-0.39, 0.29) is 11.7 Å². The third-order valence-corrected chi connectivity index (χ3v) is 4.30. The molecule has 0 fully saturated rings. The van der Waals surface area contributed by atoms with Crippen LogP contribution in [0.2, 0.25) is 5.02 Å². The van der Waals surface area contributed by atoms with Crippen LogP contribution in [0.3, 0.4) is 0 Å². The minimum Gasteiger partial charge on any atom is -0.497 e. The average Bonchev–Trinajstić information content (AvgIpc) is 2.47. The smallest absolute Gasteiger partial charge is 0.234 e. The monoisotopic (exact) mass is 322 g/mol. The summed E-state index contributed by atoms with van der Waals surface area (Å²) in [5.74, 6) is 0.857. The van der Waals surface area contributed by atoms with E-state index in [1.165, 1.54) is 11.8 Å². The van der Waals surface area contributed by atoms with E-state index in [0.717, 1.165) is 10.6 Å². The van der Waals surface area contributed by atoms with Crippen LogP contribution in [-0.2, 0) is 4.79 Å². The van der Waals surface area contributed by atoms with E-state index in [4.69, 9.17) is 22.1 Å². The molecule has 6 heteroatoms. The van der Waals surface area contributed by atoms with Crippen LogP contribution < -0.4 is 15.8 Å². The van der Waals surface area contributed by atoms with E-state index >= 15 is 0 Å². The van der Waals surface area contributed by atoms with E-state index in [9.17, 15) is 4.79 Å². The number of nitrogens with two attached hydrogens (primary N) is 1. The maximum Gasteiger partial charge on any atom is 0.234 e. The summed E-state index contributed by atoms with van der Waals surface area (Å²) in [6.45, 7) is 0. The van der Waals surface area contributed by atoms with Gasteiger partial charge in [0.25, 0.3) is 0 Å². The number of hydrogen-bond donors (Lipinski definition) is 2. The normalized spacial score (nSPS) is 10.2. The van der Waals surface area contributed by atoms with Gasteiger partial charge in [-0.2, -0.15) is 0 Å². The number of ether oxygens (including phenoxy) is 1. The zero-order chi connectivity index (χ0) is 15.2. The lowest BCUT2D eigenvalue weighted by atomic mass is 10.3. The molecule has 2 aromatic rings. The molecule has 4 nitrogen and oxygen atoms in total. The Labute approximate surface area is 132 Å². The van der Waals surface area contributed by atoms with Gasteiger partial charge in [0.2, 0.25) is 5.91 Å². The molecule has 0 saturated carbocycles. The van der Waals surface area contributed by atoms with E-state index in [1.807, 2.05) is 0 Å². The lowest BCUT2D eigenvalue weighted by Gasteiger charge is -2.08. The minimum atomic E-state index is -0.121. The quantitative estimate of drug-likeness (QED) is 0.651. The molecule has 21 heavy (non-hydrogen) atoms. The number of nitrogens with one attached hydrogen (secondary N) is 1. The number of hydrogen-bond acceptors (Lipinski definition) is 4. The van der Waals surface area contributed by atoms with Gasteiger partial charge in [0.15, 0.2) is 0 Å². The number of rotatable bonds is 5. The van der Waals surface area contributed by atoms with Crippen LogP contribution in [0.25, 0.3) is 0 Å². The van der Waals surface area contributed by atoms with Gasteiger partial charge < -0.3 is 15.8 Å². The van der Waals surface area contributed by atoms with Gasteiger partial charge in [0, 0.05) is 16.3 Å². The van der Waals surface area contributed by atoms with E-state index < -0.39 is 0 Å². The summed E-state index contributed by atoms with van der Waals surface area (Å²) in [5, 5.41) is 3.36. The molecular weight excluding hydrogens is 308 g/mol. The Morgan fingerprint density at radius 2 is 2.00 bits per heavy atom. The summed E-state index contributed by atoms with van der Waals surface area (Å²) in [7, 11) is 1.60. The van der Waals surface area contributed by atoms with Gasteiger partial charge in [-0.3, -0.25) is 4.79 Å². The van der Waals surface area contributed by atoms with Crippen molar-refractivity contribution in [1.29, 1.82) is 0 Å². The van der Waals surface area contributed by atoms with Crippen molar-refractivity contribution in [2.45, 2.75) is 4.90 Å². The Bertz CT molecular complexity index is 612.